The van der Waals surface area contributed by atoms with E-state index in [1.807, 2.05) is 0 Å². The Morgan fingerprint density at radius 1 is 1.44 bits per heavy atom. The predicted molar refractivity (Wildman–Crippen MR) is 62.5 cm³/mol. The summed E-state index contributed by atoms with van der Waals surface area (Å²) in [7, 11) is 0. The third-order valence-corrected chi connectivity index (χ3v) is 3.39. The number of nitrogens with one attached hydrogen (secondary N) is 1. The van der Waals surface area contributed by atoms with Gasteiger partial charge in [0.15, 0.2) is 0 Å². The molecule has 5 nitrogen and oxygen atoms in total. The smallest absolute Gasteiger partial charge is 0.271 e. The molecule has 0 bridgehead atoms. The SMILES string of the molecule is CC1(C)C(=O)Nc2c(Br)cc([N+](=O)[O-])cc21. The Morgan fingerprint density at radius 2 is 2.06 bits per heavy atom. The molecule has 1 heterocycles. The van der Waals surface area contributed by atoms with Crippen LogP contribution in [0.25, 0.3) is 0 Å². The molecule has 0 aliphatic carbocycles. The van der Waals surface area contributed by atoms with E-state index in [1.54, 1.807) is 13.8 Å². The van der Waals surface area contributed by atoms with Gasteiger partial charge in [0.25, 0.3) is 5.69 Å². The maximum Gasteiger partial charge on any atom is 0.271 e. The van der Waals surface area contributed by atoms with Crippen LogP contribution in [0.15, 0.2) is 16.6 Å². The van der Waals surface area contributed by atoms with Crippen LogP contribution in [-0.4, -0.2) is 10.8 Å². The number of hydrogen-bond acceptors (Lipinski definition) is 3. The third-order valence-electron chi connectivity index (χ3n) is 2.77. The van der Waals surface area contributed by atoms with E-state index < -0.39 is 10.3 Å². The fourth-order valence-corrected chi connectivity index (χ4v) is 2.26. The van der Waals surface area contributed by atoms with Crippen LogP contribution >= 0.6 is 15.9 Å². The minimum Gasteiger partial charge on any atom is -0.324 e. The average Bonchev–Trinajstić information content (AvgIpc) is 2.40. The maximum atomic E-state index is 11.7. The number of anilines is 1. The van der Waals surface area contributed by atoms with Crippen LogP contribution in [0.1, 0.15) is 19.4 Å². The fourth-order valence-electron chi connectivity index (χ4n) is 1.71. The van der Waals surface area contributed by atoms with Crippen molar-refractivity contribution in [2.45, 2.75) is 19.3 Å². The zero-order chi connectivity index (χ0) is 12.1. The van der Waals surface area contributed by atoms with Crippen LogP contribution in [-0.2, 0) is 10.2 Å². The molecule has 1 aliphatic heterocycles. The molecule has 0 unspecified atom stereocenters. The minimum absolute atomic E-state index is 0.0183. The van der Waals surface area contributed by atoms with Crippen molar-refractivity contribution in [1.29, 1.82) is 0 Å². The lowest BCUT2D eigenvalue weighted by Gasteiger charge is -2.14. The summed E-state index contributed by atoms with van der Waals surface area (Å²) in [5.41, 5.74) is 0.526. The quantitative estimate of drug-likeness (QED) is 0.636. The van der Waals surface area contributed by atoms with Gasteiger partial charge in [-0.1, -0.05) is 0 Å². The Hall–Kier alpha value is -1.43. The zero-order valence-corrected chi connectivity index (χ0v) is 10.3. The third kappa shape index (κ3) is 1.41. The number of nitro groups is 1. The summed E-state index contributed by atoms with van der Waals surface area (Å²) in [6, 6.07) is 2.83. The zero-order valence-electron chi connectivity index (χ0n) is 8.70. The van der Waals surface area contributed by atoms with Crippen LogP contribution in [0.2, 0.25) is 0 Å². The van der Waals surface area contributed by atoms with E-state index in [1.165, 1.54) is 12.1 Å². The molecule has 0 aromatic heterocycles. The van der Waals surface area contributed by atoms with Gasteiger partial charge < -0.3 is 5.32 Å². The molecule has 0 atom stereocenters. The van der Waals surface area contributed by atoms with Gasteiger partial charge in [-0.25, -0.2) is 0 Å². The van der Waals surface area contributed by atoms with Crippen molar-refractivity contribution >= 4 is 33.2 Å². The molecule has 0 fully saturated rings. The maximum absolute atomic E-state index is 11.7. The molecule has 6 heteroatoms. The first kappa shape index (κ1) is 11.1. The van der Waals surface area contributed by atoms with Gasteiger partial charge >= 0.3 is 0 Å². The van der Waals surface area contributed by atoms with Crippen LogP contribution in [0.5, 0.6) is 0 Å². The normalized spacial score (nSPS) is 16.8. The molecule has 1 aromatic carbocycles. The summed E-state index contributed by atoms with van der Waals surface area (Å²) in [5, 5.41) is 13.4. The Balaban J connectivity index is 2.69. The van der Waals surface area contributed by atoms with Gasteiger partial charge in [0, 0.05) is 16.6 Å². The second-order valence-electron chi connectivity index (χ2n) is 4.19. The van der Waals surface area contributed by atoms with Crippen molar-refractivity contribution < 1.29 is 9.72 Å². The Labute approximate surface area is 100 Å². The molecule has 0 saturated carbocycles. The van der Waals surface area contributed by atoms with Crippen molar-refractivity contribution in [3.05, 3.63) is 32.3 Å². The molecule has 0 saturated heterocycles. The lowest BCUT2D eigenvalue weighted by atomic mass is 9.86. The van der Waals surface area contributed by atoms with Crippen LogP contribution in [0, 0.1) is 10.1 Å². The highest BCUT2D eigenvalue weighted by Gasteiger charge is 2.40. The Morgan fingerprint density at radius 3 is 2.62 bits per heavy atom. The van der Waals surface area contributed by atoms with E-state index in [-0.39, 0.29) is 11.6 Å². The number of nitro benzene ring substituents is 1. The van der Waals surface area contributed by atoms with Crippen molar-refractivity contribution in [2.75, 3.05) is 5.32 Å². The van der Waals surface area contributed by atoms with E-state index in [2.05, 4.69) is 21.2 Å². The number of hydrogen-bond donors (Lipinski definition) is 1. The van der Waals surface area contributed by atoms with Gasteiger partial charge in [-0.2, -0.15) is 0 Å². The lowest BCUT2D eigenvalue weighted by molar-refractivity contribution is -0.385. The number of nitrogens with zero attached hydrogens (tertiary/aromatic N) is 1. The molecule has 1 amide bonds. The molecule has 0 spiro atoms. The van der Waals surface area contributed by atoms with Crippen LogP contribution < -0.4 is 5.32 Å². The topological polar surface area (TPSA) is 72.2 Å². The monoisotopic (exact) mass is 284 g/mol. The highest BCUT2D eigenvalue weighted by molar-refractivity contribution is 9.10. The molecule has 2 rings (SSSR count). The van der Waals surface area contributed by atoms with E-state index >= 15 is 0 Å². The first-order chi connectivity index (χ1) is 7.34. The molecular formula is C10H9BrN2O3. The summed E-state index contributed by atoms with van der Waals surface area (Å²) in [6.07, 6.45) is 0. The van der Waals surface area contributed by atoms with E-state index in [4.69, 9.17) is 0 Å². The molecule has 1 aromatic rings. The van der Waals surface area contributed by atoms with E-state index in [0.29, 0.717) is 15.7 Å². The number of carbonyl (C=O) groups excluding carboxylic acids is 1. The summed E-state index contributed by atoms with van der Waals surface area (Å²) in [4.78, 5) is 21.9. The molecule has 84 valence electrons. The van der Waals surface area contributed by atoms with Crippen molar-refractivity contribution in [3.8, 4) is 0 Å². The van der Waals surface area contributed by atoms with Gasteiger partial charge in [0.2, 0.25) is 5.91 Å². The Bertz CT molecular complexity index is 511. The second kappa shape index (κ2) is 3.28. The van der Waals surface area contributed by atoms with Crippen LogP contribution in [0.4, 0.5) is 11.4 Å². The predicted octanol–water partition coefficient (Wildman–Crippen LogP) is 2.59. The number of carbonyl (C=O) groups is 1. The van der Waals surface area contributed by atoms with Gasteiger partial charge in [-0.15, -0.1) is 0 Å². The summed E-state index contributed by atoms with van der Waals surface area (Å²) >= 11 is 3.23. The van der Waals surface area contributed by atoms with Gasteiger partial charge in [0.05, 0.1) is 16.0 Å². The van der Waals surface area contributed by atoms with E-state index in [9.17, 15) is 14.9 Å². The van der Waals surface area contributed by atoms with Crippen LogP contribution in [0.3, 0.4) is 0 Å². The molecule has 1 aliphatic rings. The number of benzene rings is 1. The molecular weight excluding hydrogens is 276 g/mol. The number of halogens is 1. The fraction of sp³-hybridized carbons (Fsp3) is 0.300. The summed E-state index contributed by atoms with van der Waals surface area (Å²) < 4.78 is 0.538. The van der Waals surface area contributed by atoms with Gasteiger partial charge in [-0.3, -0.25) is 14.9 Å². The lowest BCUT2D eigenvalue weighted by Crippen LogP contribution is -2.26. The minimum atomic E-state index is -0.732. The van der Waals surface area contributed by atoms with Gasteiger partial charge in [-0.05, 0) is 35.3 Å². The van der Waals surface area contributed by atoms with Crippen molar-refractivity contribution in [3.63, 3.8) is 0 Å². The first-order valence-electron chi connectivity index (χ1n) is 4.64. The van der Waals surface area contributed by atoms with Crippen molar-refractivity contribution in [1.82, 2.24) is 0 Å². The van der Waals surface area contributed by atoms with Gasteiger partial charge in [0.1, 0.15) is 0 Å². The standard InChI is InChI=1S/C10H9BrN2O3/c1-10(2)6-3-5(13(15)16)4-7(11)8(6)12-9(10)14/h3-4H,1-2H3,(H,12,14). The highest BCUT2D eigenvalue weighted by Crippen LogP contribution is 2.43. The molecule has 0 radical (unpaired) electrons. The summed E-state index contributed by atoms with van der Waals surface area (Å²) in [5.74, 6) is -0.149. The molecule has 16 heavy (non-hydrogen) atoms. The first-order valence-corrected chi connectivity index (χ1v) is 5.43. The second-order valence-corrected chi connectivity index (χ2v) is 5.04. The largest absolute Gasteiger partial charge is 0.324 e. The Kier molecular flexibility index (Phi) is 2.27. The summed E-state index contributed by atoms with van der Waals surface area (Å²) in [6.45, 7) is 3.48. The van der Waals surface area contributed by atoms with Crippen molar-refractivity contribution in [2.24, 2.45) is 0 Å². The van der Waals surface area contributed by atoms with E-state index in [0.717, 1.165) is 0 Å². The number of rotatable bonds is 1. The number of fused-ring (bicyclic) bond motifs is 1. The average molecular weight is 285 g/mol. The highest BCUT2D eigenvalue weighted by atomic mass is 79.9. The number of non-ortho nitro benzene ring substituents is 1. The number of amides is 1. The molecule has 1 N–H and O–H groups in total.